The van der Waals surface area contributed by atoms with Gasteiger partial charge in [0.2, 0.25) is 5.91 Å². The third-order valence-electron chi connectivity index (χ3n) is 5.02. The summed E-state index contributed by atoms with van der Waals surface area (Å²) in [6.45, 7) is 4.76. The van der Waals surface area contributed by atoms with Crippen LogP contribution in [0.2, 0.25) is 5.02 Å². The average molecular weight is 527 g/mol. The molecule has 0 aliphatic heterocycles. The SMILES string of the molecule is CCn1c(CNC(=O)c2cccc(C)c2)nnc1SCC(=O)Nc1nc(-c2ccc(Cl)cc2)cs1. The number of amides is 2. The van der Waals surface area contributed by atoms with Crippen LogP contribution in [0.25, 0.3) is 11.3 Å². The molecule has 2 aromatic carbocycles. The van der Waals surface area contributed by atoms with Gasteiger partial charge in [-0.1, -0.05) is 53.2 Å². The molecule has 180 valence electrons. The van der Waals surface area contributed by atoms with E-state index in [4.69, 9.17) is 11.6 Å². The molecule has 0 aliphatic carbocycles. The molecule has 2 aromatic heterocycles. The Morgan fingerprint density at radius 1 is 1.14 bits per heavy atom. The van der Waals surface area contributed by atoms with E-state index in [2.05, 4.69) is 25.8 Å². The Morgan fingerprint density at radius 3 is 2.69 bits per heavy atom. The van der Waals surface area contributed by atoms with Gasteiger partial charge in [-0.2, -0.15) is 0 Å². The highest BCUT2D eigenvalue weighted by atomic mass is 35.5. The van der Waals surface area contributed by atoms with Crippen LogP contribution in [0.5, 0.6) is 0 Å². The zero-order valence-electron chi connectivity index (χ0n) is 19.1. The van der Waals surface area contributed by atoms with E-state index in [1.807, 2.05) is 54.1 Å². The maximum Gasteiger partial charge on any atom is 0.251 e. The van der Waals surface area contributed by atoms with Gasteiger partial charge in [0.25, 0.3) is 5.91 Å². The molecule has 0 atom stereocenters. The molecule has 0 unspecified atom stereocenters. The van der Waals surface area contributed by atoms with Crippen LogP contribution >= 0.6 is 34.7 Å². The maximum absolute atomic E-state index is 12.5. The van der Waals surface area contributed by atoms with Gasteiger partial charge in [0.05, 0.1) is 18.0 Å². The van der Waals surface area contributed by atoms with Crippen molar-refractivity contribution in [2.45, 2.75) is 32.1 Å². The maximum atomic E-state index is 12.5. The summed E-state index contributed by atoms with van der Waals surface area (Å²) in [5, 5.41) is 17.8. The number of hydrogen-bond acceptors (Lipinski definition) is 7. The summed E-state index contributed by atoms with van der Waals surface area (Å²) in [4.78, 5) is 29.4. The number of thioether (sulfide) groups is 1. The molecule has 11 heteroatoms. The molecule has 2 heterocycles. The minimum absolute atomic E-state index is 0.156. The van der Waals surface area contributed by atoms with Gasteiger partial charge in [-0.05, 0) is 38.1 Å². The number of carbonyl (C=O) groups excluding carboxylic acids is 2. The van der Waals surface area contributed by atoms with E-state index in [0.717, 1.165) is 16.8 Å². The lowest BCUT2D eigenvalue weighted by Gasteiger charge is -2.09. The van der Waals surface area contributed by atoms with Crippen molar-refractivity contribution in [2.24, 2.45) is 0 Å². The molecular weight excluding hydrogens is 504 g/mol. The van der Waals surface area contributed by atoms with Gasteiger partial charge >= 0.3 is 0 Å². The number of aromatic nitrogens is 4. The fourth-order valence-electron chi connectivity index (χ4n) is 3.29. The fourth-order valence-corrected chi connectivity index (χ4v) is 4.97. The average Bonchev–Trinajstić information content (AvgIpc) is 3.48. The van der Waals surface area contributed by atoms with Crippen molar-refractivity contribution in [1.29, 1.82) is 0 Å². The Bertz CT molecular complexity index is 1340. The van der Waals surface area contributed by atoms with Crippen LogP contribution in [-0.4, -0.2) is 37.3 Å². The second kappa shape index (κ2) is 11.5. The van der Waals surface area contributed by atoms with Crippen molar-refractivity contribution in [3.63, 3.8) is 0 Å². The van der Waals surface area contributed by atoms with E-state index in [-0.39, 0.29) is 24.1 Å². The zero-order chi connectivity index (χ0) is 24.8. The molecule has 0 saturated carbocycles. The number of anilines is 1. The predicted octanol–water partition coefficient (Wildman–Crippen LogP) is 5.04. The van der Waals surface area contributed by atoms with Crippen LogP contribution in [-0.2, 0) is 17.9 Å². The van der Waals surface area contributed by atoms with Crippen molar-refractivity contribution >= 4 is 51.6 Å². The Balaban J connectivity index is 1.31. The van der Waals surface area contributed by atoms with Crippen LogP contribution in [0, 0.1) is 6.92 Å². The molecule has 2 N–H and O–H groups in total. The number of aryl methyl sites for hydroxylation is 1. The van der Waals surface area contributed by atoms with E-state index in [9.17, 15) is 9.59 Å². The zero-order valence-corrected chi connectivity index (χ0v) is 21.5. The molecule has 0 saturated heterocycles. The molecule has 0 radical (unpaired) electrons. The largest absolute Gasteiger partial charge is 0.345 e. The van der Waals surface area contributed by atoms with Crippen molar-refractivity contribution < 1.29 is 9.59 Å². The lowest BCUT2D eigenvalue weighted by molar-refractivity contribution is -0.113. The third-order valence-corrected chi connectivity index (χ3v) is 7.00. The van der Waals surface area contributed by atoms with E-state index >= 15 is 0 Å². The summed E-state index contributed by atoms with van der Waals surface area (Å²) in [5.41, 5.74) is 3.32. The number of rotatable bonds is 9. The van der Waals surface area contributed by atoms with Gasteiger partial charge < -0.3 is 15.2 Å². The monoisotopic (exact) mass is 526 g/mol. The number of nitrogens with zero attached hydrogens (tertiary/aromatic N) is 4. The first-order valence-corrected chi connectivity index (χ1v) is 13.1. The van der Waals surface area contributed by atoms with Crippen LogP contribution in [0.15, 0.2) is 59.1 Å². The first-order valence-electron chi connectivity index (χ1n) is 10.8. The van der Waals surface area contributed by atoms with Gasteiger partial charge in [-0.25, -0.2) is 4.98 Å². The van der Waals surface area contributed by atoms with E-state index < -0.39 is 0 Å². The smallest absolute Gasteiger partial charge is 0.251 e. The quantitative estimate of drug-likeness (QED) is 0.296. The molecule has 0 aliphatic rings. The second-order valence-corrected chi connectivity index (χ2v) is 9.81. The normalized spacial score (nSPS) is 10.8. The highest BCUT2D eigenvalue weighted by Crippen LogP contribution is 2.26. The highest BCUT2D eigenvalue weighted by molar-refractivity contribution is 7.99. The number of hydrogen-bond donors (Lipinski definition) is 2. The van der Waals surface area contributed by atoms with Crippen LogP contribution < -0.4 is 10.6 Å². The van der Waals surface area contributed by atoms with Gasteiger partial charge in [-0.15, -0.1) is 21.5 Å². The van der Waals surface area contributed by atoms with Crippen LogP contribution in [0.3, 0.4) is 0 Å². The Labute approximate surface area is 216 Å². The minimum atomic E-state index is -0.188. The molecule has 0 spiro atoms. The lowest BCUT2D eigenvalue weighted by Crippen LogP contribution is -2.25. The summed E-state index contributed by atoms with van der Waals surface area (Å²) >= 11 is 8.58. The first kappa shape index (κ1) is 24.9. The summed E-state index contributed by atoms with van der Waals surface area (Å²) in [7, 11) is 0. The topological polar surface area (TPSA) is 102 Å². The number of thiazole rings is 1. The highest BCUT2D eigenvalue weighted by Gasteiger charge is 2.15. The Kier molecular flexibility index (Phi) is 8.17. The standard InChI is InChI=1S/C24H23ClN6O2S2/c1-3-31-20(12-26-22(33)17-6-4-5-15(2)11-17)29-30-24(31)35-14-21(32)28-23-27-19(13-34-23)16-7-9-18(25)10-8-16/h4-11,13H,3,12,14H2,1-2H3,(H,26,33)(H,27,28,32). The predicted molar refractivity (Wildman–Crippen MR) is 140 cm³/mol. The van der Waals surface area contributed by atoms with Gasteiger partial charge in [0.15, 0.2) is 16.1 Å². The van der Waals surface area contributed by atoms with Gasteiger partial charge in [-0.3, -0.25) is 9.59 Å². The second-order valence-electron chi connectivity index (χ2n) is 7.58. The molecule has 8 nitrogen and oxygen atoms in total. The van der Waals surface area contributed by atoms with Gasteiger partial charge in [0.1, 0.15) is 0 Å². The van der Waals surface area contributed by atoms with E-state index in [1.54, 1.807) is 18.2 Å². The number of carbonyl (C=O) groups is 2. The minimum Gasteiger partial charge on any atom is -0.345 e. The molecule has 0 bridgehead atoms. The molecule has 2 amide bonds. The number of nitrogens with one attached hydrogen (secondary N) is 2. The lowest BCUT2D eigenvalue weighted by atomic mass is 10.1. The molecule has 4 rings (SSSR count). The first-order chi connectivity index (χ1) is 16.9. The molecule has 4 aromatic rings. The van der Waals surface area contributed by atoms with E-state index in [1.165, 1.54) is 23.1 Å². The Morgan fingerprint density at radius 2 is 1.94 bits per heavy atom. The molecule has 0 fully saturated rings. The van der Waals surface area contributed by atoms with Crippen LogP contribution in [0.1, 0.15) is 28.7 Å². The molecule has 35 heavy (non-hydrogen) atoms. The molecular formula is C24H23ClN6O2S2. The summed E-state index contributed by atoms with van der Waals surface area (Å²) < 4.78 is 1.89. The third kappa shape index (κ3) is 6.47. The summed E-state index contributed by atoms with van der Waals surface area (Å²) in [5.74, 6) is 0.425. The number of halogens is 1. The van der Waals surface area contributed by atoms with Gasteiger partial charge in [0, 0.05) is 28.1 Å². The fraction of sp³-hybridized carbons (Fsp3) is 0.208. The van der Waals surface area contributed by atoms with Crippen molar-refractivity contribution in [3.8, 4) is 11.3 Å². The number of benzene rings is 2. The Hall–Kier alpha value is -3.21. The van der Waals surface area contributed by atoms with Crippen molar-refractivity contribution in [3.05, 3.63) is 75.9 Å². The van der Waals surface area contributed by atoms with E-state index in [0.29, 0.717) is 33.2 Å². The van der Waals surface area contributed by atoms with Crippen LogP contribution in [0.4, 0.5) is 5.13 Å². The summed E-state index contributed by atoms with van der Waals surface area (Å²) in [6.07, 6.45) is 0. The van der Waals surface area contributed by atoms with Crippen molar-refractivity contribution in [1.82, 2.24) is 25.1 Å². The van der Waals surface area contributed by atoms with Crippen molar-refractivity contribution in [2.75, 3.05) is 11.1 Å². The summed E-state index contributed by atoms with van der Waals surface area (Å²) in [6, 6.07) is 14.8.